The van der Waals surface area contributed by atoms with Crippen molar-refractivity contribution >= 4 is 49.8 Å². The highest BCUT2D eigenvalue weighted by molar-refractivity contribution is 6.19. The van der Waals surface area contributed by atoms with Crippen molar-refractivity contribution in [3.8, 4) is 33.4 Å². The number of anilines is 3. The molecule has 0 saturated heterocycles. The molecule has 0 saturated carbocycles. The molecule has 0 N–H and O–H groups in total. The van der Waals surface area contributed by atoms with E-state index in [0.29, 0.717) is 0 Å². The van der Waals surface area contributed by atoms with Gasteiger partial charge in [0, 0.05) is 27.7 Å². The van der Waals surface area contributed by atoms with E-state index >= 15 is 0 Å². The van der Waals surface area contributed by atoms with Gasteiger partial charge >= 0.3 is 0 Å². The maximum Gasteiger partial charge on any atom is 0.136 e. The van der Waals surface area contributed by atoms with E-state index in [0.717, 1.165) is 50.1 Å². The van der Waals surface area contributed by atoms with E-state index in [4.69, 9.17) is 4.42 Å². The Labute approximate surface area is 355 Å². The van der Waals surface area contributed by atoms with Crippen LogP contribution in [-0.4, -0.2) is 0 Å². The van der Waals surface area contributed by atoms with Crippen LogP contribution in [0, 0.1) is 0 Å². The molecule has 0 radical (unpaired) electrons. The Morgan fingerprint density at radius 2 is 0.934 bits per heavy atom. The van der Waals surface area contributed by atoms with E-state index in [1.807, 2.05) is 0 Å². The molecular formula is C59H39NO. The normalized spacial score (nSPS) is 12.7. The standard InChI is InChI=1S/C59H39NO/c1-3-17-40(18-4-1)41-33-35-45(36-34-41)60(54-37-38-56-58(51-28-11-14-32-55(51)61-56)57(54)50-29-15-20-42-19-7-8-25-47(42)50)46-24-16-23-44(39-46)59(43-21-5-2-6-22-43)52-30-12-9-26-48(52)49-27-10-13-31-53(49)59/h1-39H. The number of fused-ring (bicyclic) bond motifs is 7. The van der Waals surface area contributed by atoms with E-state index < -0.39 is 5.41 Å². The summed E-state index contributed by atoms with van der Waals surface area (Å²) in [6, 6.07) is 86.1. The molecule has 1 aliphatic carbocycles. The molecule has 2 heteroatoms. The Morgan fingerprint density at radius 1 is 0.361 bits per heavy atom. The summed E-state index contributed by atoms with van der Waals surface area (Å²) < 4.78 is 6.63. The summed E-state index contributed by atoms with van der Waals surface area (Å²) in [5, 5.41) is 4.59. The van der Waals surface area contributed by atoms with Gasteiger partial charge in [-0.1, -0.05) is 194 Å². The van der Waals surface area contributed by atoms with Crippen LogP contribution in [0.2, 0.25) is 0 Å². The highest BCUT2D eigenvalue weighted by Crippen LogP contribution is 2.57. The van der Waals surface area contributed by atoms with Gasteiger partial charge in [0.1, 0.15) is 11.2 Å². The summed E-state index contributed by atoms with van der Waals surface area (Å²) in [6.07, 6.45) is 0. The highest BCUT2D eigenvalue weighted by atomic mass is 16.3. The average molecular weight is 778 g/mol. The van der Waals surface area contributed by atoms with Crippen LogP contribution in [0.4, 0.5) is 17.1 Å². The molecule has 286 valence electrons. The Hall–Kier alpha value is -7.94. The van der Waals surface area contributed by atoms with Crippen LogP contribution in [-0.2, 0) is 5.41 Å². The second-order valence-corrected chi connectivity index (χ2v) is 16.0. The van der Waals surface area contributed by atoms with Crippen LogP contribution < -0.4 is 4.90 Å². The predicted molar refractivity (Wildman–Crippen MR) is 254 cm³/mol. The van der Waals surface area contributed by atoms with Gasteiger partial charge in [0.15, 0.2) is 0 Å². The van der Waals surface area contributed by atoms with Gasteiger partial charge in [-0.15, -0.1) is 0 Å². The van der Waals surface area contributed by atoms with Crippen molar-refractivity contribution in [1.29, 1.82) is 0 Å². The third-order valence-corrected chi connectivity index (χ3v) is 12.8. The molecule has 10 aromatic carbocycles. The zero-order valence-corrected chi connectivity index (χ0v) is 33.4. The van der Waals surface area contributed by atoms with E-state index in [1.165, 1.54) is 55.3 Å². The van der Waals surface area contributed by atoms with Crippen molar-refractivity contribution in [1.82, 2.24) is 0 Å². The van der Waals surface area contributed by atoms with Crippen molar-refractivity contribution in [2.24, 2.45) is 0 Å². The smallest absolute Gasteiger partial charge is 0.136 e. The first-order valence-electron chi connectivity index (χ1n) is 21.0. The second kappa shape index (κ2) is 14.1. The quantitative estimate of drug-likeness (QED) is 0.160. The molecule has 11 aromatic rings. The van der Waals surface area contributed by atoms with E-state index in [2.05, 4.69) is 241 Å². The maximum atomic E-state index is 6.63. The molecule has 1 aromatic heterocycles. The van der Waals surface area contributed by atoms with Gasteiger partial charge in [-0.2, -0.15) is 0 Å². The molecule has 0 bridgehead atoms. The number of rotatable bonds is 7. The van der Waals surface area contributed by atoms with Crippen molar-refractivity contribution < 1.29 is 4.42 Å². The zero-order chi connectivity index (χ0) is 40.3. The number of furan rings is 1. The lowest BCUT2D eigenvalue weighted by atomic mass is 9.67. The third kappa shape index (κ3) is 5.43. The van der Waals surface area contributed by atoms with E-state index in [1.54, 1.807) is 0 Å². The van der Waals surface area contributed by atoms with Gasteiger partial charge < -0.3 is 9.32 Å². The molecule has 0 amide bonds. The van der Waals surface area contributed by atoms with Crippen molar-refractivity contribution in [2.75, 3.05) is 4.90 Å². The van der Waals surface area contributed by atoms with Crippen molar-refractivity contribution in [3.05, 3.63) is 259 Å². The first kappa shape index (κ1) is 35.0. The molecule has 1 aliphatic rings. The zero-order valence-electron chi connectivity index (χ0n) is 33.4. The fourth-order valence-electron chi connectivity index (χ4n) is 10.2. The minimum atomic E-state index is -0.545. The number of benzene rings is 10. The van der Waals surface area contributed by atoms with E-state index in [-0.39, 0.29) is 0 Å². The van der Waals surface area contributed by atoms with Crippen LogP contribution in [0.15, 0.2) is 241 Å². The third-order valence-electron chi connectivity index (χ3n) is 12.8. The summed E-state index contributed by atoms with van der Waals surface area (Å²) in [4.78, 5) is 2.46. The molecule has 2 nitrogen and oxygen atoms in total. The monoisotopic (exact) mass is 777 g/mol. The SMILES string of the molecule is c1ccc(-c2ccc(N(c3cccc(C4(c5ccccc5)c5ccccc5-c5ccccc54)c3)c3ccc4oc5ccccc5c4c3-c3cccc4ccccc34)cc2)cc1. The Morgan fingerprint density at radius 3 is 1.70 bits per heavy atom. The van der Waals surface area contributed by atoms with Crippen LogP contribution in [0.5, 0.6) is 0 Å². The van der Waals surface area contributed by atoms with Gasteiger partial charge in [-0.3, -0.25) is 0 Å². The lowest BCUT2D eigenvalue weighted by Gasteiger charge is -2.35. The van der Waals surface area contributed by atoms with Gasteiger partial charge in [0.2, 0.25) is 0 Å². The molecule has 0 atom stereocenters. The number of hydrogen-bond donors (Lipinski definition) is 0. The molecular weight excluding hydrogens is 739 g/mol. The second-order valence-electron chi connectivity index (χ2n) is 16.0. The molecule has 61 heavy (non-hydrogen) atoms. The first-order valence-corrected chi connectivity index (χ1v) is 21.0. The Balaban J connectivity index is 1.17. The molecule has 0 unspecified atom stereocenters. The minimum Gasteiger partial charge on any atom is -0.456 e. The molecule has 0 spiro atoms. The van der Waals surface area contributed by atoms with Crippen LogP contribution in [0.3, 0.4) is 0 Å². The summed E-state index contributed by atoms with van der Waals surface area (Å²) in [6.45, 7) is 0. The number of nitrogens with zero attached hydrogens (tertiary/aromatic N) is 1. The van der Waals surface area contributed by atoms with Gasteiger partial charge in [-0.25, -0.2) is 0 Å². The Kier molecular flexibility index (Phi) is 8.11. The fraction of sp³-hybridized carbons (Fsp3) is 0.0169. The van der Waals surface area contributed by atoms with Gasteiger partial charge in [0.05, 0.1) is 11.1 Å². The lowest BCUT2D eigenvalue weighted by Crippen LogP contribution is -2.28. The summed E-state index contributed by atoms with van der Waals surface area (Å²) in [5.41, 5.74) is 16.6. The average Bonchev–Trinajstić information content (AvgIpc) is 3.87. The minimum absolute atomic E-state index is 0.545. The number of hydrogen-bond acceptors (Lipinski definition) is 2. The van der Waals surface area contributed by atoms with Crippen molar-refractivity contribution in [3.63, 3.8) is 0 Å². The topological polar surface area (TPSA) is 16.4 Å². The maximum absolute atomic E-state index is 6.63. The predicted octanol–water partition coefficient (Wildman–Crippen LogP) is 15.9. The summed E-state index contributed by atoms with van der Waals surface area (Å²) >= 11 is 0. The van der Waals surface area contributed by atoms with Crippen LogP contribution in [0.1, 0.15) is 22.3 Å². The van der Waals surface area contributed by atoms with E-state index in [9.17, 15) is 0 Å². The summed E-state index contributed by atoms with van der Waals surface area (Å²) in [7, 11) is 0. The Bertz CT molecular complexity index is 3370. The lowest BCUT2D eigenvalue weighted by molar-refractivity contribution is 0.669. The highest BCUT2D eigenvalue weighted by Gasteiger charge is 2.46. The molecule has 0 fully saturated rings. The van der Waals surface area contributed by atoms with Crippen molar-refractivity contribution in [2.45, 2.75) is 5.41 Å². The first-order chi connectivity index (χ1) is 30.3. The van der Waals surface area contributed by atoms with Gasteiger partial charge in [-0.05, 0) is 103 Å². The van der Waals surface area contributed by atoms with Crippen LogP contribution in [0.25, 0.3) is 66.1 Å². The molecule has 12 rings (SSSR count). The fourth-order valence-corrected chi connectivity index (χ4v) is 10.2. The van der Waals surface area contributed by atoms with Gasteiger partial charge in [0.25, 0.3) is 0 Å². The number of para-hydroxylation sites is 1. The summed E-state index contributed by atoms with van der Waals surface area (Å²) in [5.74, 6) is 0. The molecule has 1 heterocycles. The van der Waals surface area contributed by atoms with Crippen LogP contribution >= 0.6 is 0 Å². The largest absolute Gasteiger partial charge is 0.456 e. The molecule has 0 aliphatic heterocycles.